The Hall–Kier alpha value is -2.25. The smallest absolute Gasteiger partial charge is 0.255 e. The third kappa shape index (κ3) is 3.65. The molecule has 0 aliphatic rings. The van der Waals surface area contributed by atoms with Crippen LogP contribution >= 0.6 is 0 Å². The minimum atomic E-state index is -3.82. The molecule has 0 atom stereocenters. The molecule has 0 aliphatic heterocycles. The number of aryl methyl sites for hydroxylation is 2. The SMILES string of the molecule is Cc1cc(C(=O)Nc2ccc(C)c(S(N)(=O)=O)c2)ccn1. The number of hydrogen-bond acceptors (Lipinski definition) is 4. The summed E-state index contributed by atoms with van der Waals surface area (Å²) >= 11 is 0. The summed E-state index contributed by atoms with van der Waals surface area (Å²) in [6.07, 6.45) is 1.54. The Labute approximate surface area is 123 Å². The van der Waals surface area contributed by atoms with Crippen molar-refractivity contribution in [1.29, 1.82) is 0 Å². The van der Waals surface area contributed by atoms with Crippen LogP contribution < -0.4 is 10.5 Å². The van der Waals surface area contributed by atoms with Crippen molar-refractivity contribution in [2.75, 3.05) is 5.32 Å². The van der Waals surface area contributed by atoms with E-state index in [1.54, 1.807) is 38.1 Å². The summed E-state index contributed by atoms with van der Waals surface area (Å²) in [5.74, 6) is -0.343. The molecule has 1 amide bonds. The largest absolute Gasteiger partial charge is 0.322 e. The molecular formula is C14H15N3O3S. The average molecular weight is 305 g/mol. The van der Waals surface area contributed by atoms with Gasteiger partial charge in [-0.3, -0.25) is 9.78 Å². The summed E-state index contributed by atoms with van der Waals surface area (Å²) in [5.41, 5.74) is 2.05. The van der Waals surface area contributed by atoms with Crippen molar-refractivity contribution in [3.05, 3.63) is 53.3 Å². The maximum absolute atomic E-state index is 12.1. The van der Waals surface area contributed by atoms with Gasteiger partial charge in [0.25, 0.3) is 5.91 Å². The molecule has 1 heterocycles. The number of benzene rings is 1. The van der Waals surface area contributed by atoms with Crippen molar-refractivity contribution in [1.82, 2.24) is 4.98 Å². The number of carbonyl (C=O) groups is 1. The summed E-state index contributed by atoms with van der Waals surface area (Å²) in [5, 5.41) is 7.78. The Morgan fingerprint density at radius 1 is 1.19 bits per heavy atom. The molecule has 21 heavy (non-hydrogen) atoms. The first-order valence-electron chi connectivity index (χ1n) is 6.15. The summed E-state index contributed by atoms with van der Waals surface area (Å²) in [6.45, 7) is 3.42. The van der Waals surface area contributed by atoms with E-state index in [0.29, 0.717) is 16.8 Å². The van der Waals surface area contributed by atoms with E-state index in [2.05, 4.69) is 10.3 Å². The predicted molar refractivity (Wildman–Crippen MR) is 79.5 cm³/mol. The predicted octanol–water partition coefficient (Wildman–Crippen LogP) is 1.60. The number of amides is 1. The number of anilines is 1. The normalized spacial score (nSPS) is 11.2. The molecule has 6 nitrogen and oxygen atoms in total. The number of primary sulfonamides is 1. The second-order valence-corrected chi connectivity index (χ2v) is 6.20. The number of rotatable bonds is 3. The van der Waals surface area contributed by atoms with Gasteiger partial charge < -0.3 is 5.32 Å². The summed E-state index contributed by atoms with van der Waals surface area (Å²) < 4.78 is 22.9. The van der Waals surface area contributed by atoms with E-state index in [9.17, 15) is 13.2 Å². The standard InChI is InChI=1S/C14H15N3O3S/c1-9-3-4-12(8-13(9)21(15,19)20)17-14(18)11-5-6-16-10(2)7-11/h3-8H,1-2H3,(H,17,18)(H2,15,19,20). The minimum Gasteiger partial charge on any atom is -0.322 e. The van der Waals surface area contributed by atoms with Gasteiger partial charge in [-0.2, -0.15) is 0 Å². The van der Waals surface area contributed by atoms with Crippen LogP contribution in [0.3, 0.4) is 0 Å². The Morgan fingerprint density at radius 2 is 1.90 bits per heavy atom. The minimum absolute atomic E-state index is 0.00814. The molecule has 0 radical (unpaired) electrons. The van der Waals surface area contributed by atoms with E-state index in [0.717, 1.165) is 5.69 Å². The van der Waals surface area contributed by atoms with Crippen molar-refractivity contribution in [2.24, 2.45) is 5.14 Å². The number of aromatic nitrogens is 1. The molecule has 2 rings (SSSR count). The van der Waals surface area contributed by atoms with Gasteiger partial charge in [0.15, 0.2) is 0 Å². The van der Waals surface area contributed by atoms with Gasteiger partial charge in [0.1, 0.15) is 0 Å². The van der Waals surface area contributed by atoms with E-state index >= 15 is 0 Å². The lowest BCUT2D eigenvalue weighted by Gasteiger charge is -2.09. The number of nitrogens with two attached hydrogens (primary N) is 1. The molecule has 0 aliphatic carbocycles. The third-order valence-corrected chi connectivity index (χ3v) is 3.96. The van der Waals surface area contributed by atoms with Crippen LogP contribution in [0.1, 0.15) is 21.6 Å². The molecule has 2 aromatic rings. The van der Waals surface area contributed by atoms with Crippen molar-refractivity contribution in [3.63, 3.8) is 0 Å². The van der Waals surface area contributed by atoms with Crippen molar-refractivity contribution >= 4 is 21.6 Å². The molecule has 0 bridgehead atoms. The highest BCUT2D eigenvalue weighted by atomic mass is 32.2. The van der Waals surface area contributed by atoms with Crippen LogP contribution in [-0.2, 0) is 10.0 Å². The monoisotopic (exact) mass is 305 g/mol. The van der Waals surface area contributed by atoms with E-state index in [1.165, 1.54) is 12.3 Å². The van der Waals surface area contributed by atoms with Crippen LogP contribution in [0.25, 0.3) is 0 Å². The Bertz CT molecular complexity index is 801. The van der Waals surface area contributed by atoms with Gasteiger partial charge in [-0.25, -0.2) is 13.6 Å². The van der Waals surface area contributed by atoms with Gasteiger partial charge in [0.2, 0.25) is 10.0 Å². The molecule has 0 spiro atoms. The number of nitrogens with zero attached hydrogens (tertiary/aromatic N) is 1. The molecule has 7 heteroatoms. The van der Waals surface area contributed by atoms with Crippen molar-refractivity contribution in [2.45, 2.75) is 18.7 Å². The van der Waals surface area contributed by atoms with Gasteiger partial charge in [0, 0.05) is 23.1 Å². The molecule has 0 saturated carbocycles. The Morgan fingerprint density at radius 3 is 2.52 bits per heavy atom. The van der Waals surface area contributed by atoms with Crippen LogP contribution in [0.5, 0.6) is 0 Å². The zero-order valence-corrected chi connectivity index (χ0v) is 12.4. The third-order valence-electron chi connectivity index (χ3n) is 2.91. The molecule has 3 N–H and O–H groups in total. The highest BCUT2D eigenvalue weighted by molar-refractivity contribution is 7.89. The summed E-state index contributed by atoms with van der Waals surface area (Å²) in [7, 11) is -3.82. The van der Waals surface area contributed by atoms with Crippen LogP contribution in [0.15, 0.2) is 41.4 Å². The Balaban J connectivity index is 2.30. The van der Waals surface area contributed by atoms with Gasteiger partial charge in [-0.05, 0) is 43.7 Å². The maximum atomic E-state index is 12.1. The average Bonchev–Trinajstić information content (AvgIpc) is 2.39. The van der Waals surface area contributed by atoms with Gasteiger partial charge in [-0.15, -0.1) is 0 Å². The molecule has 110 valence electrons. The first-order chi connectivity index (χ1) is 9.77. The van der Waals surface area contributed by atoms with Gasteiger partial charge in [0.05, 0.1) is 4.90 Å². The number of carbonyl (C=O) groups excluding carboxylic acids is 1. The van der Waals surface area contributed by atoms with Gasteiger partial charge in [-0.1, -0.05) is 6.07 Å². The number of pyridine rings is 1. The highest BCUT2D eigenvalue weighted by Crippen LogP contribution is 2.19. The maximum Gasteiger partial charge on any atom is 0.255 e. The summed E-state index contributed by atoms with van der Waals surface area (Å²) in [6, 6.07) is 7.78. The fraction of sp³-hybridized carbons (Fsp3) is 0.143. The van der Waals surface area contributed by atoms with Crippen molar-refractivity contribution < 1.29 is 13.2 Å². The highest BCUT2D eigenvalue weighted by Gasteiger charge is 2.13. The molecule has 1 aromatic carbocycles. The quantitative estimate of drug-likeness (QED) is 0.899. The molecule has 0 fully saturated rings. The Kier molecular flexibility index (Phi) is 4.06. The first-order valence-corrected chi connectivity index (χ1v) is 7.69. The molecule has 1 aromatic heterocycles. The lowest BCUT2D eigenvalue weighted by Crippen LogP contribution is -2.16. The lowest BCUT2D eigenvalue weighted by molar-refractivity contribution is 0.102. The van der Waals surface area contributed by atoms with E-state index in [-0.39, 0.29) is 10.8 Å². The van der Waals surface area contributed by atoms with E-state index < -0.39 is 10.0 Å². The zero-order valence-electron chi connectivity index (χ0n) is 11.6. The molecular weight excluding hydrogens is 290 g/mol. The zero-order chi connectivity index (χ0) is 15.6. The lowest BCUT2D eigenvalue weighted by atomic mass is 10.2. The van der Waals surface area contributed by atoms with Crippen molar-refractivity contribution in [3.8, 4) is 0 Å². The first kappa shape index (κ1) is 15.1. The second-order valence-electron chi connectivity index (χ2n) is 4.67. The van der Waals surface area contributed by atoms with E-state index in [4.69, 9.17) is 5.14 Å². The number of nitrogens with one attached hydrogen (secondary N) is 1. The van der Waals surface area contributed by atoms with Crippen LogP contribution in [-0.4, -0.2) is 19.3 Å². The van der Waals surface area contributed by atoms with Crippen LogP contribution in [0.4, 0.5) is 5.69 Å². The molecule has 0 saturated heterocycles. The number of sulfonamides is 1. The molecule has 0 unspecified atom stereocenters. The fourth-order valence-corrected chi connectivity index (χ4v) is 2.68. The van der Waals surface area contributed by atoms with Crippen LogP contribution in [0.2, 0.25) is 0 Å². The van der Waals surface area contributed by atoms with E-state index in [1.807, 2.05) is 0 Å². The van der Waals surface area contributed by atoms with Gasteiger partial charge >= 0.3 is 0 Å². The second kappa shape index (κ2) is 5.63. The topological polar surface area (TPSA) is 102 Å². The number of hydrogen-bond donors (Lipinski definition) is 2. The fourth-order valence-electron chi connectivity index (χ4n) is 1.87. The van der Waals surface area contributed by atoms with Crippen LogP contribution in [0, 0.1) is 13.8 Å². The summed E-state index contributed by atoms with van der Waals surface area (Å²) in [4.78, 5) is 16.1.